The van der Waals surface area contributed by atoms with Crippen LogP contribution < -0.4 is 14.4 Å². The first kappa shape index (κ1) is 17.8. The van der Waals surface area contributed by atoms with E-state index < -0.39 is 0 Å². The maximum absolute atomic E-state index is 12.2. The smallest absolute Gasteiger partial charge is 0.265 e. The van der Waals surface area contributed by atoms with Gasteiger partial charge in [0.1, 0.15) is 17.5 Å². The molecule has 4 rings (SSSR count). The number of likely N-dealkylation sites (tertiary alicyclic amines) is 1. The molecule has 2 aliphatic heterocycles. The zero-order valence-corrected chi connectivity index (χ0v) is 15.4. The van der Waals surface area contributed by atoms with Crippen molar-refractivity contribution in [3.63, 3.8) is 0 Å². The van der Waals surface area contributed by atoms with Crippen molar-refractivity contribution >= 4 is 11.6 Å². The first-order chi connectivity index (χ1) is 13.3. The number of aromatic nitrogens is 1. The largest absolute Gasteiger partial charge is 0.490 e. The van der Waals surface area contributed by atoms with Gasteiger partial charge in [0.25, 0.3) is 5.91 Å². The molecule has 1 saturated heterocycles. The molecule has 2 aromatic rings. The SMILES string of the molecule is O=C1COc2ncccc2N1CCCN1CCC(Oc2ccccc2)CC1. The lowest BCUT2D eigenvalue weighted by molar-refractivity contribution is -0.121. The average molecular weight is 367 g/mol. The Labute approximate surface area is 159 Å². The lowest BCUT2D eigenvalue weighted by Gasteiger charge is -2.33. The van der Waals surface area contributed by atoms with Crippen molar-refractivity contribution < 1.29 is 14.3 Å². The standard InChI is InChI=1S/C21H25N3O3/c25-20-16-26-21-19(8-4-11-22-21)24(20)13-5-12-23-14-9-18(10-15-23)27-17-6-2-1-3-7-17/h1-4,6-8,11,18H,5,9-10,12-16H2. The van der Waals surface area contributed by atoms with Gasteiger partial charge < -0.3 is 19.3 Å². The van der Waals surface area contributed by atoms with Gasteiger partial charge in [-0.25, -0.2) is 4.98 Å². The van der Waals surface area contributed by atoms with Gasteiger partial charge in [-0.15, -0.1) is 0 Å². The van der Waals surface area contributed by atoms with E-state index in [0.29, 0.717) is 18.5 Å². The molecule has 1 aromatic heterocycles. The van der Waals surface area contributed by atoms with E-state index >= 15 is 0 Å². The molecular weight excluding hydrogens is 342 g/mol. The lowest BCUT2D eigenvalue weighted by Crippen LogP contribution is -2.42. The van der Waals surface area contributed by atoms with Crippen LogP contribution in [0, 0.1) is 0 Å². The van der Waals surface area contributed by atoms with Crippen molar-refractivity contribution in [3.8, 4) is 11.6 Å². The highest BCUT2D eigenvalue weighted by atomic mass is 16.5. The van der Waals surface area contributed by atoms with Gasteiger partial charge in [0, 0.05) is 25.8 Å². The second kappa shape index (κ2) is 8.39. The molecule has 27 heavy (non-hydrogen) atoms. The second-order valence-corrected chi connectivity index (χ2v) is 6.99. The molecule has 6 nitrogen and oxygen atoms in total. The van der Waals surface area contributed by atoms with Crippen LogP contribution in [0.5, 0.6) is 11.6 Å². The summed E-state index contributed by atoms with van der Waals surface area (Å²) in [7, 11) is 0. The number of anilines is 1. The van der Waals surface area contributed by atoms with Crippen LogP contribution in [0.2, 0.25) is 0 Å². The molecule has 142 valence electrons. The van der Waals surface area contributed by atoms with E-state index in [4.69, 9.17) is 9.47 Å². The number of nitrogens with zero attached hydrogens (tertiary/aromatic N) is 3. The minimum atomic E-state index is 0.00506. The van der Waals surface area contributed by atoms with Crippen LogP contribution in [0.4, 0.5) is 5.69 Å². The Bertz CT molecular complexity index is 760. The van der Waals surface area contributed by atoms with Gasteiger partial charge in [0.15, 0.2) is 6.61 Å². The molecular formula is C21H25N3O3. The number of piperidine rings is 1. The van der Waals surface area contributed by atoms with Crippen LogP contribution >= 0.6 is 0 Å². The number of hydrogen-bond donors (Lipinski definition) is 0. The molecule has 3 heterocycles. The fraction of sp³-hybridized carbons (Fsp3) is 0.429. The third-order valence-electron chi connectivity index (χ3n) is 5.11. The normalized spacial score (nSPS) is 18.1. The number of rotatable bonds is 6. The van der Waals surface area contributed by atoms with Crippen molar-refractivity contribution in [2.75, 3.05) is 37.7 Å². The molecule has 6 heteroatoms. The molecule has 0 N–H and O–H groups in total. The first-order valence-electron chi connectivity index (χ1n) is 9.62. The number of benzene rings is 1. The lowest BCUT2D eigenvalue weighted by atomic mass is 10.1. The van der Waals surface area contributed by atoms with E-state index in [1.54, 1.807) is 11.1 Å². The van der Waals surface area contributed by atoms with Crippen molar-refractivity contribution in [3.05, 3.63) is 48.7 Å². The van der Waals surface area contributed by atoms with Gasteiger partial charge in [-0.1, -0.05) is 18.2 Å². The monoisotopic (exact) mass is 367 g/mol. The Morgan fingerprint density at radius 2 is 1.89 bits per heavy atom. The summed E-state index contributed by atoms with van der Waals surface area (Å²) in [6.45, 7) is 3.82. The van der Waals surface area contributed by atoms with Gasteiger partial charge >= 0.3 is 0 Å². The Hall–Kier alpha value is -2.60. The van der Waals surface area contributed by atoms with E-state index in [1.807, 2.05) is 42.5 Å². The van der Waals surface area contributed by atoms with Gasteiger partial charge in [0.05, 0.1) is 0 Å². The first-order valence-corrected chi connectivity index (χ1v) is 9.62. The Morgan fingerprint density at radius 1 is 1.07 bits per heavy atom. The van der Waals surface area contributed by atoms with E-state index in [0.717, 1.165) is 50.3 Å². The minimum Gasteiger partial charge on any atom is -0.490 e. The van der Waals surface area contributed by atoms with E-state index in [1.165, 1.54) is 0 Å². The summed E-state index contributed by atoms with van der Waals surface area (Å²) in [4.78, 5) is 20.7. The van der Waals surface area contributed by atoms with Crippen molar-refractivity contribution in [2.45, 2.75) is 25.4 Å². The Kier molecular flexibility index (Phi) is 5.53. The molecule has 0 bridgehead atoms. The molecule has 0 saturated carbocycles. The van der Waals surface area contributed by atoms with Crippen molar-refractivity contribution in [1.29, 1.82) is 0 Å². The maximum Gasteiger partial charge on any atom is 0.265 e. The highest BCUT2D eigenvalue weighted by molar-refractivity contribution is 5.97. The van der Waals surface area contributed by atoms with Crippen molar-refractivity contribution in [1.82, 2.24) is 9.88 Å². The number of ether oxygens (including phenoxy) is 2. The van der Waals surface area contributed by atoms with E-state index in [9.17, 15) is 4.79 Å². The number of pyridine rings is 1. The summed E-state index contributed by atoms with van der Waals surface area (Å²) in [6.07, 6.45) is 5.00. The van der Waals surface area contributed by atoms with Crippen LogP contribution in [0.3, 0.4) is 0 Å². The molecule has 0 unspecified atom stereocenters. The Morgan fingerprint density at radius 3 is 2.70 bits per heavy atom. The third kappa shape index (κ3) is 4.39. The van der Waals surface area contributed by atoms with Gasteiger partial charge in [-0.3, -0.25) is 4.79 Å². The summed E-state index contributed by atoms with van der Waals surface area (Å²) in [5, 5.41) is 0. The molecule has 2 aliphatic rings. The predicted molar refractivity (Wildman–Crippen MR) is 103 cm³/mol. The number of para-hydroxylation sites is 1. The second-order valence-electron chi connectivity index (χ2n) is 6.99. The van der Waals surface area contributed by atoms with Crippen molar-refractivity contribution in [2.24, 2.45) is 0 Å². The summed E-state index contributed by atoms with van der Waals surface area (Å²) >= 11 is 0. The Balaban J connectivity index is 1.22. The van der Waals surface area contributed by atoms with Crippen LogP contribution in [0.1, 0.15) is 19.3 Å². The number of carbonyl (C=O) groups is 1. The number of carbonyl (C=O) groups excluding carboxylic acids is 1. The predicted octanol–water partition coefficient (Wildman–Crippen LogP) is 2.74. The van der Waals surface area contributed by atoms with E-state index in [2.05, 4.69) is 9.88 Å². The fourth-order valence-corrected chi connectivity index (χ4v) is 3.68. The summed E-state index contributed by atoms with van der Waals surface area (Å²) < 4.78 is 11.5. The van der Waals surface area contributed by atoms with Gasteiger partial charge in [-0.05, 0) is 50.1 Å². The van der Waals surface area contributed by atoms with Gasteiger partial charge in [0.2, 0.25) is 5.88 Å². The summed E-state index contributed by atoms with van der Waals surface area (Å²) in [6, 6.07) is 13.8. The third-order valence-corrected chi connectivity index (χ3v) is 5.11. The zero-order valence-electron chi connectivity index (χ0n) is 15.4. The topological polar surface area (TPSA) is 54.9 Å². The molecule has 1 fully saturated rings. The quantitative estimate of drug-likeness (QED) is 0.786. The van der Waals surface area contributed by atoms with Crippen LogP contribution in [0.15, 0.2) is 48.7 Å². The van der Waals surface area contributed by atoms with E-state index in [-0.39, 0.29) is 12.5 Å². The number of amides is 1. The van der Waals surface area contributed by atoms with Crippen LogP contribution in [-0.2, 0) is 4.79 Å². The highest BCUT2D eigenvalue weighted by Crippen LogP contribution is 2.29. The number of hydrogen-bond acceptors (Lipinski definition) is 5. The summed E-state index contributed by atoms with van der Waals surface area (Å²) in [5.41, 5.74) is 0.781. The molecule has 1 amide bonds. The summed E-state index contributed by atoms with van der Waals surface area (Å²) in [5.74, 6) is 1.51. The zero-order chi connectivity index (χ0) is 18.5. The van der Waals surface area contributed by atoms with Crippen LogP contribution in [0.25, 0.3) is 0 Å². The molecule has 1 aromatic carbocycles. The average Bonchev–Trinajstić information content (AvgIpc) is 2.72. The fourth-order valence-electron chi connectivity index (χ4n) is 3.68. The minimum absolute atomic E-state index is 0.00506. The maximum atomic E-state index is 12.2. The number of fused-ring (bicyclic) bond motifs is 1. The molecule has 0 aliphatic carbocycles. The van der Waals surface area contributed by atoms with Crippen LogP contribution in [-0.4, -0.2) is 54.7 Å². The highest BCUT2D eigenvalue weighted by Gasteiger charge is 2.26. The molecule has 0 atom stereocenters. The molecule has 0 spiro atoms. The molecule has 0 radical (unpaired) electrons. The van der Waals surface area contributed by atoms with Gasteiger partial charge in [-0.2, -0.15) is 0 Å².